The van der Waals surface area contributed by atoms with Gasteiger partial charge in [-0.1, -0.05) is 73.5 Å². The number of carbonyl (C=O) groups excluding carboxylic acids is 2. The summed E-state index contributed by atoms with van der Waals surface area (Å²) in [4.78, 5) is 24.2. The smallest absolute Gasteiger partial charge is 0.240 e. The summed E-state index contributed by atoms with van der Waals surface area (Å²) in [7, 11) is 0. The lowest BCUT2D eigenvalue weighted by Crippen LogP contribution is -2.22. The summed E-state index contributed by atoms with van der Waals surface area (Å²) in [5.41, 5.74) is 11.2. The lowest BCUT2D eigenvalue weighted by molar-refractivity contribution is -0.122. The fraction of sp³-hybridized carbons (Fsp3) is 0.360. The molecule has 0 heterocycles. The average molecular weight is 421 g/mol. The van der Waals surface area contributed by atoms with Crippen molar-refractivity contribution in [2.24, 2.45) is 10.2 Å². The first-order valence-electron chi connectivity index (χ1n) is 10.8. The molecule has 0 spiro atoms. The number of benzene rings is 2. The molecule has 2 N–H and O–H groups in total. The summed E-state index contributed by atoms with van der Waals surface area (Å²) in [5.74, 6) is -0.411. The number of carbonyl (C=O) groups is 2. The molecule has 6 heteroatoms. The van der Waals surface area contributed by atoms with Crippen LogP contribution in [0.2, 0.25) is 0 Å². The molecule has 0 radical (unpaired) electrons. The van der Waals surface area contributed by atoms with E-state index in [0.29, 0.717) is 19.3 Å². The highest BCUT2D eigenvalue weighted by Crippen LogP contribution is 2.08. The molecule has 2 aromatic carbocycles. The van der Waals surface area contributed by atoms with Crippen LogP contribution in [0.1, 0.15) is 68.2 Å². The molecular weight excluding hydrogens is 388 g/mol. The van der Waals surface area contributed by atoms with Crippen molar-refractivity contribution in [3.8, 4) is 0 Å². The summed E-state index contributed by atoms with van der Waals surface area (Å²) in [5, 5.41) is 8.49. The van der Waals surface area contributed by atoms with E-state index in [-0.39, 0.29) is 24.7 Å². The summed E-state index contributed by atoms with van der Waals surface area (Å²) in [6.45, 7) is 8.05. The van der Waals surface area contributed by atoms with Crippen LogP contribution in [0.25, 0.3) is 0 Å². The third-order valence-electron chi connectivity index (χ3n) is 4.88. The lowest BCUT2D eigenvalue weighted by atomic mass is 10.1. The van der Waals surface area contributed by atoms with Crippen molar-refractivity contribution in [2.75, 3.05) is 0 Å². The zero-order chi connectivity index (χ0) is 22.6. The van der Waals surface area contributed by atoms with E-state index in [1.54, 1.807) is 0 Å². The molecule has 2 aromatic rings. The molecule has 0 saturated carbocycles. The van der Waals surface area contributed by atoms with Gasteiger partial charge in [0.25, 0.3) is 0 Å². The number of aryl methyl sites for hydroxylation is 2. The minimum atomic E-state index is -0.205. The third kappa shape index (κ3) is 8.16. The van der Waals surface area contributed by atoms with E-state index in [0.717, 1.165) is 22.6 Å². The van der Waals surface area contributed by atoms with Crippen LogP contribution in [0.15, 0.2) is 58.7 Å². The molecule has 0 aromatic heterocycles. The predicted molar refractivity (Wildman–Crippen MR) is 126 cm³/mol. The van der Waals surface area contributed by atoms with E-state index in [9.17, 15) is 9.59 Å². The minimum absolute atomic E-state index is 0.205. The van der Waals surface area contributed by atoms with Crippen molar-refractivity contribution in [1.29, 1.82) is 0 Å². The number of hydrogen-bond acceptors (Lipinski definition) is 4. The Labute approximate surface area is 184 Å². The van der Waals surface area contributed by atoms with Gasteiger partial charge in [-0.05, 0) is 44.2 Å². The molecule has 0 atom stereocenters. The van der Waals surface area contributed by atoms with Crippen molar-refractivity contribution < 1.29 is 9.59 Å². The maximum Gasteiger partial charge on any atom is 0.240 e. The molecule has 2 amide bonds. The SMILES string of the molecule is CCC(=NNC(=O)CCCC(=O)NN=C(CC)c1ccc(C)cc1)c1ccc(C)cc1. The van der Waals surface area contributed by atoms with Crippen molar-refractivity contribution in [2.45, 2.75) is 59.8 Å². The molecule has 0 aliphatic carbocycles. The van der Waals surface area contributed by atoms with E-state index in [2.05, 4.69) is 21.1 Å². The summed E-state index contributed by atoms with van der Waals surface area (Å²) >= 11 is 0. The van der Waals surface area contributed by atoms with E-state index in [1.165, 1.54) is 11.1 Å². The Morgan fingerprint density at radius 1 is 0.677 bits per heavy atom. The fourth-order valence-corrected chi connectivity index (χ4v) is 2.97. The van der Waals surface area contributed by atoms with Gasteiger partial charge in [0.2, 0.25) is 11.8 Å². The van der Waals surface area contributed by atoms with E-state index >= 15 is 0 Å². The third-order valence-corrected chi connectivity index (χ3v) is 4.88. The van der Waals surface area contributed by atoms with Crippen LogP contribution >= 0.6 is 0 Å². The highest BCUT2D eigenvalue weighted by molar-refractivity contribution is 6.01. The first-order chi connectivity index (χ1) is 14.9. The Morgan fingerprint density at radius 2 is 1.03 bits per heavy atom. The molecule has 0 fully saturated rings. The van der Waals surface area contributed by atoms with Crippen LogP contribution in [0, 0.1) is 13.8 Å². The van der Waals surface area contributed by atoms with Gasteiger partial charge >= 0.3 is 0 Å². The number of nitrogens with one attached hydrogen (secondary N) is 2. The lowest BCUT2D eigenvalue weighted by Gasteiger charge is -2.07. The van der Waals surface area contributed by atoms with Gasteiger partial charge in [-0.15, -0.1) is 0 Å². The van der Waals surface area contributed by atoms with E-state index in [1.807, 2.05) is 76.2 Å². The summed E-state index contributed by atoms with van der Waals surface area (Å²) in [6, 6.07) is 16.1. The topological polar surface area (TPSA) is 82.9 Å². The average Bonchev–Trinajstić information content (AvgIpc) is 2.77. The standard InChI is InChI=1S/C25H32N4O2/c1-5-22(20-14-10-18(3)11-15-20)26-28-24(30)8-7-9-25(31)29-27-23(6-2)21-16-12-19(4)13-17-21/h10-17H,5-9H2,1-4H3,(H,28,30)(H,29,31). The van der Waals surface area contributed by atoms with Gasteiger partial charge in [0.1, 0.15) is 0 Å². The quantitative estimate of drug-likeness (QED) is 0.434. The Kier molecular flexibility index (Phi) is 9.62. The molecule has 2 rings (SSSR count). The van der Waals surface area contributed by atoms with Gasteiger partial charge in [-0.2, -0.15) is 10.2 Å². The Morgan fingerprint density at radius 3 is 1.35 bits per heavy atom. The molecule has 0 aliphatic heterocycles. The normalized spacial score (nSPS) is 11.9. The number of hydrazone groups is 2. The van der Waals surface area contributed by atoms with Gasteiger partial charge in [-0.3, -0.25) is 9.59 Å². The molecular formula is C25H32N4O2. The van der Waals surface area contributed by atoms with Gasteiger partial charge in [0.15, 0.2) is 0 Å². The van der Waals surface area contributed by atoms with Gasteiger partial charge in [0, 0.05) is 12.8 Å². The van der Waals surface area contributed by atoms with Crippen LogP contribution in [0.4, 0.5) is 0 Å². The highest BCUT2D eigenvalue weighted by Gasteiger charge is 2.07. The Hall–Kier alpha value is -3.28. The van der Waals surface area contributed by atoms with Crippen molar-refractivity contribution >= 4 is 23.2 Å². The van der Waals surface area contributed by atoms with E-state index in [4.69, 9.17) is 0 Å². The maximum absolute atomic E-state index is 12.1. The minimum Gasteiger partial charge on any atom is -0.273 e. The zero-order valence-electron chi connectivity index (χ0n) is 18.9. The van der Waals surface area contributed by atoms with Gasteiger partial charge < -0.3 is 0 Å². The molecule has 31 heavy (non-hydrogen) atoms. The Bertz CT molecular complexity index is 851. The number of hydrogen-bond donors (Lipinski definition) is 2. The monoisotopic (exact) mass is 420 g/mol. The van der Waals surface area contributed by atoms with Crippen LogP contribution in [0.3, 0.4) is 0 Å². The fourth-order valence-electron chi connectivity index (χ4n) is 2.97. The number of rotatable bonds is 10. The van der Waals surface area contributed by atoms with Crippen molar-refractivity contribution in [3.05, 3.63) is 70.8 Å². The number of amides is 2. The summed E-state index contributed by atoms with van der Waals surface area (Å²) < 4.78 is 0. The second-order valence-corrected chi connectivity index (χ2v) is 7.48. The van der Waals surface area contributed by atoms with Crippen LogP contribution in [0.5, 0.6) is 0 Å². The van der Waals surface area contributed by atoms with Gasteiger partial charge in [-0.25, -0.2) is 10.9 Å². The first kappa shape index (κ1) is 24.0. The van der Waals surface area contributed by atoms with E-state index < -0.39 is 0 Å². The molecule has 6 nitrogen and oxygen atoms in total. The van der Waals surface area contributed by atoms with Crippen LogP contribution < -0.4 is 10.9 Å². The molecule has 0 aliphatic rings. The predicted octanol–water partition coefficient (Wildman–Crippen LogP) is 4.63. The second kappa shape index (κ2) is 12.4. The molecule has 0 unspecified atom stereocenters. The van der Waals surface area contributed by atoms with Crippen LogP contribution in [-0.4, -0.2) is 23.2 Å². The van der Waals surface area contributed by atoms with Crippen molar-refractivity contribution in [3.63, 3.8) is 0 Å². The molecule has 0 saturated heterocycles. The zero-order valence-corrected chi connectivity index (χ0v) is 18.9. The summed E-state index contributed by atoms with van der Waals surface area (Å²) in [6.07, 6.45) is 2.31. The number of nitrogens with zero attached hydrogens (tertiary/aromatic N) is 2. The molecule has 164 valence electrons. The Balaban J connectivity index is 1.78. The van der Waals surface area contributed by atoms with Crippen molar-refractivity contribution in [1.82, 2.24) is 10.9 Å². The highest BCUT2D eigenvalue weighted by atomic mass is 16.2. The molecule has 0 bridgehead atoms. The largest absolute Gasteiger partial charge is 0.273 e. The van der Waals surface area contributed by atoms with Crippen LogP contribution in [-0.2, 0) is 9.59 Å². The first-order valence-corrected chi connectivity index (χ1v) is 10.8. The second-order valence-electron chi connectivity index (χ2n) is 7.48. The van der Waals surface area contributed by atoms with Gasteiger partial charge in [0.05, 0.1) is 11.4 Å². The maximum atomic E-state index is 12.1.